The summed E-state index contributed by atoms with van der Waals surface area (Å²) < 4.78 is 13.6. The lowest BCUT2D eigenvalue weighted by Gasteiger charge is -2.32. The van der Waals surface area contributed by atoms with Gasteiger partial charge in [-0.05, 0) is 30.2 Å². The fraction of sp³-hybridized carbons (Fsp3) is 0.538. The lowest BCUT2D eigenvalue weighted by atomic mass is 9.95. The van der Waals surface area contributed by atoms with Gasteiger partial charge in [0.15, 0.2) is 0 Å². The molecule has 1 rings (SSSR count). The van der Waals surface area contributed by atoms with Gasteiger partial charge < -0.3 is 4.90 Å². The van der Waals surface area contributed by atoms with Crippen molar-refractivity contribution in [2.24, 2.45) is 5.41 Å². The highest BCUT2D eigenvalue weighted by atomic mass is 32.1. The Kier molecular flexibility index (Phi) is 4.66. The van der Waals surface area contributed by atoms with E-state index in [4.69, 9.17) is 0 Å². The van der Waals surface area contributed by atoms with Gasteiger partial charge in [0.1, 0.15) is 5.82 Å². The van der Waals surface area contributed by atoms with Gasteiger partial charge in [-0.15, -0.1) is 0 Å². The van der Waals surface area contributed by atoms with Crippen LogP contribution in [-0.2, 0) is 0 Å². The van der Waals surface area contributed by atoms with E-state index in [1.807, 2.05) is 19.1 Å². The second-order valence-electron chi connectivity index (χ2n) is 4.79. The Hall–Kier alpha value is -0.700. The molecule has 0 radical (unpaired) electrons. The second kappa shape index (κ2) is 5.58. The zero-order chi connectivity index (χ0) is 12.2. The van der Waals surface area contributed by atoms with Crippen LogP contribution in [0.1, 0.15) is 20.8 Å². The molecule has 1 aromatic rings. The summed E-state index contributed by atoms with van der Waals surface area (Å²) in [5.74, 6) is 0.636. The minimum absolute atomic E-state index is 0.0847. The van der Waals surface area contributed by atoms with E-state index in [-0.39, 0.29) is 11.2 Å². The van der Waals surface area contributed by atoms with Crippen LogP contribution in [0.3, 0.4) is 0 Å². The monoisotopic (exact) mass is 241 g/mol. The minimum Gasteiger partial charge on any atom is -0.369 e. The summed E-state index contributed by atoms with van der Waals surface area (Å²) in [5, 5.41) is 0. The molecular weight excluding hydrogens is 221 g/mol. The number of hydrogen-bond acceptors (Lipinski definition) is 2. The van der Waals surface area contributed by atoms with Gasteiger partial charge in [0, 0.05) is 13.1 Å². The molecule has 0 amide bonds. The van der Waals surface area contributed by atoms with Crippen molar-refractivity contribution in [3.05, 3.63) is 30.1 Å². The Morgan fingerprint density at radius 3 is 2.44 bits per heavy atom. The van der Waals surface area contributed by atoms with Crippen LogP contribution < -0.4 is 4.90 Å². The highest BCUT2D eigenvalue weighted by Crippen LogP contribution is 2.25. The van der Waals surface area contributed by atoms with E-state index in [0.717, 1.165) is 18.8 Å². The van der Waals surface area contributed by atoms with Crippen molar-refractivity contribution in [3.63, 3.8) is 0 Å². The summed E-state index contributed by atoms with van der Waals surface area (Å²) in [6.07, 6.45) is 0. The van der Waals surface area contributed by atoms with E-state index in [1.54, 1.807) is 6.07 Å². The van der Waals surface area contributed by atoms with Crippen LogP contribution in [0.5, 0.6) is 0 Å². The molecule has 0 bridgehead atoms. The van der Waals surface area contributed by atoms with E-state index < -0.39 is 0 Å². The molecule has 0 aliphatic carbocycles. The minimum atomic E-state index is -0.153. The Balaban J connectivity index is 2.87. The summed E-state index contributed by atoms with van der Waals surface area (Å²) >= 11 is 4.33. The lowest BCUT2D eigenvalue weighted by Crippen LogP contribution is -2.35. The molecule has 0 saturated carbocycles. The van der Waals surface area contributed by atoms with Crippen molar-refractivity contribution in [1.29, 1.82) is 0 Å². The highest BCUT2D eigenvalue weighted by Gasteiger charge is 2.21. The van der Waals surface area contributed by atoms with Gasteiger partial charge in [-0.2, -0.15) is 12.6 Å². The first-order chi connectivity index (χ1) is 7.50. The van der Waals surface area contributed by atoms with Gasteiger partial charge in [0.2, 0.25) is 0 Å². The third-order valence-electron chi connectivity index (χ3n) is 2.62. The molecule has 0 aliphatic heterocycles. The second-order valence-corrected chi connectivity index (χ2v) is 5.10. The number of thiol groups is 1. The van der Waals surface area contributed by atoms with E-state index in [9.17, 15) is 4.39 Å². The standard InChI is InChI=1S/C13H20FNS/c1-4-15(9-13(2,3)10-16)12-8-6-5-7-11(12)14/h5-8,16H,4,9-10H2,1-3H3. The molecular formula is C13H20FNS. The number of rotatable bonds is 5. The average Bonchev–Trinajstić information content (AvgIpc) is 2.27. The number of halogens is 1. The van der Waals surface area contributed by atoms with Gasteiger partial charge >= 0.3 is 0 Å². The van der Waals surface area contributed by atoms with Crippen LogP contribution in [0.2, 0.25) is 0 Å². The number of para-hydroxylation sites is 1. The van der Waals surface area contributed by atoms with Crippen molar-refractivity contribution in [1.82, 2.24) is 0 Å². The molecule has 1 nitrogen and oxygen atoms in total. The quantitative estimate of drug-likeness (QED) is 0.771. The molecule has 0 atom stereocenters. The van der Waals surface area contributed by atoms with Crippen molar-refractivity contribution < 1.29 is 4.39 Å². The molecule has 0 spiro atoms. The zero-order valence-corrected chi connectivity index (χ0v) is 11.1. The van der Waals surface area contributed by atoms with Gasteiger partial charge in [-0.3, -0.25) is 0 Å². The molecule has 0 aliphatic rings. The summed E-state index contributed by atoms with van der Waals surface area (Å²) in [5.41, 5.74) is 0.765. The van der Waals surface area contributed by atoms with Crippen LogP contribution in [-0.4, -0.2) is 18.8 Å². The van der Waals surface area contributed by atoms with Gasteiger partial charge in [-0.1, -0.05) is 26.0 Å². The molecule has 90 valence electrons. The van der Waals surface area contributed by atoms with Crippen molar-refractivity contribution >= 4 is 18.3 Å². The summed E-state index contributed by atoms with van der Waals surface area (Å²) in [4.78, 5) is 2.06. The first-order valence-corrected chi connectivity index (χ1v) is 6.24. The Bertz CT molecular complexity index is 338. The molecule has 0 N–H and O–H groups in total. The summed E-state index contributed by atoms with van der Waals surface area (Å²) in [6, 6.07) is 6.92. The predicted molar refractivity (Wildman–Crippen MR) is 71.9 cm³/mol. The Morgan fingerprint density at radius 2 is 1.94 bits per heavy atom. The summed E-state index contributed by atoms with van der Waals surface area (Å²) in [6.45, 7) is 7.94. The predicted octanol–water partition coefficient (Wildman–Crippen LogP) is 3.61. The van der Waals surface area contributed by atoms with E-state index in [2.05, 4.69) is 31.4 Å². The summed E-state index contributed by atoms with van der Waals surface area (Å²) in [7, 11) is 0. The van der Waals surface area contributed by atoms with Gasteiger partial charge in [-0.25, -0.2) is 4.39 Å². The zero-order valence-electron chi connectivity index (χ0n) is 10.2. The lowest BCUT2D eigenvalue weighted by molar-refractivity contribution is 0.420. The van der Waals surface area contributed by atoms with E-state index in [0.29, 0.717) is 5.69 Å². The molecule has 0 saturated heterocycles. The molecule has 0 unspecified atom stereocenters. The topological polar surface area (TPSA) is 3.24 Å². The highest BCUT2D eigenvalue weighted by molar-refractivity contribution is 7.80. The number of hydrogen-bond donors (Lipinski definition) is 1. The normalized spacial score (nSPS) is 11.6. The van der Waals surface area contributed by atoms with Crippen molar-refractivity contribution in [3.8, 4) is 0 Å². The van der Waals surface area contributed by atoms with Crippen LogP contribution in [0.4, 0.5) is 10.1 Å². The number of nitrogens with zero attached hydrogens (tertiary/aromatic N) is 1. The Morgan fingerprint density at radius 1 is 1.31 bits per heavy atom. The largest absolute Gasteiger partial charge is 0.369 e. The van der Waals surface area contributed by atoms with Crippen molar-refractivity contribution in [2.75, 3.05) is 23.7 Å². The fourth-order valence-electron chi connectivity index (χ4n) is 1.64. The third-order valence-corrected chi connectivity index (χ3v) is 3.48. The fourth-order valence-corrected chi connectivity index (χ4v) is 1.74. The van der Waals surface area contributed by atoms with Gasteiger partial charge in [0.25, 0.3) is 0 Å². The first-order valence-electron chi connectivity index (χ1n) is 5.60. The van der Waals surface area contributed by atoms with Crippen molar-refractivity contribution in [2.45, 2.75) is 20.8 Å². The molecule has 0 fully saturated rings. The van der Waals surface area contributed by atoms with E-state index in [1.165, 1.54) is 6.07 Å². The Labute approximate surface area is 103 Å². The maximum Gasteiger partial charge on any atom is 0.146 e. The molecule has 16 heavy (non-hydrogen) atoms. The smallest absolute Gasteiger partial charge is 0.146 e. The number of anilines is 1. The molecule has 0 aromatic heterocycles. The SMILES string of the molecule is CCN(CC(C)(C)CS)c1ccccc1F. The van der Waals surface area contributed by atoms with E-state index >= 15 is 0 Å². The first kappa shape index (κ1) is 13.4. The van der Waals surface area contributed by atoms with Gasteiger partial charge in [0.05, 0.1) is 5.69 Å². The average molecular weight is 241 g/mol. The maximum atomic E-state index is 13.6. The van der Waals surface area contributed by atoms with Crippen LogP contribution >= 0.6 is 12.6 Å². The molecule has 1 aromatic carbocycles. The maximum absolute atomic E-state index is 13.6. The molecule has 3 heteroatoms. The molecule has 0 heterocycles. The van der Waals surface area contributed by atoms with Crippen LogP contribution in [0.15, 0.2) is 24.3 Å². The number of benzene rings is 1. The third kappa shape index (κ3) is 3.41. The van der Waals surface area contributed by atoms with Crippen LogP contribution in [0, 0.1) is 11.2 Å². The van der Waals surface area contributed by atoms with Crippen LogP contribution in [0.25, 0.3) is 0 Å².